The minimum absolute atomic E-state index is 0.940. The molecule has 0 saturated carbocycles. The number of aromatic nitrogens is 1. The molecule has 0 saturated heterocycles. The zero-order valence-electron chi connectivity index (χ0n) is 6.04. The molecule has 0 spiro atoms. The van der Waals surface area contributed by atoms with Crippen molar-refractivity contribution in [3.63, 3.8) is 0 Å². The zero-order valence-corrected chi connectivity index (χ0v) is 6.04. The fourth-order valence-electron chi connectivity index (χ4n) is 1.09. The molecule has 1 aliphatic rings. The second-order valence-electron chi connectivity index (χ2n) is 2.40. The van der Waals surface area contributed by atoms with Gasteiger partial charge in [-0.3, -0.25) is 4.98 Å². The SMILES string of the molecule is C=C1C=CNc2cccnc21. The van der Waals surface area contributed by atoms with Gasteiger partial charge in [-0.05, 0) is 23.8 Å². The Morgan fingerprint density at radius 2 is 2.36 bits per heavy atom. The van der Waals surface area contributed by atoms with Gasteiger partial charge in [0.1, 0.15) is 0 Å². The van der Waals surface area contributed by atoms with Crippen LogP contribution in [0.5, 0.6) is 0 Å². The first-order valence-electron chi connectivity index (χ1n) is 3.45. The normalized spacial score (nSPS) is 14.0. The van der Waals surface area contributed by atoms with Crippen LogP contribution in [0.15, 0.2) is 37.2 Å². The number of rotatable bonds is 0. The summed E-state index contributed by atoms with van der Waals surface area (Å²) in [5.74, 6) is 0. The second-order valence-corrected chi connectivity index (χ2v) is 2.40. The van der Waals surface area contributed by atoms with Crippen LogP contribution in [0.1, 0.15) is 5.69 Å². The van der Waals surface area contributed by atoms with E-state index in [9.17, 15) is 0 Å². The van der Waals surface area contributed by atoms with Crippen molar-refractivity contribution in [1.29, 1.82) is 0 Å². The van der Waals surface area contributed by atoms with Crippen LogP contribution >= 0.6 is 0 Å². The molecule has 1 aromatic heterocycles. The Morgan fingerprint density at radius 3 is 3.18 bits per heavy atom. The molecule has 1 aliphatic heterocycles. The number of fused-ring (bicyclic) bond motifs is 1. The quantitative estimate of drug-likeness (QED) is 0.602. The molecule has 0 radical (unpaired) electrons. The van der Waals surface area contributed by atoms with Crippen LogP contribution in [-0.2, 0) is 0 Å². The van der Waals surface area contributed by atoms with Crippen LogP contribution in [0, 0.1) is 0 Å². The maximum atomic E-state index is 4.19. The van der Waals surface area contributed by atoms with Gasteiger partial charge in [0.05, 0.1) is 11.4 Å². The topological polar surface area (TPSA) is 24.9 Å². The van der Waals surface area contributed by atoms with Crippen LogP contribution in [-0.4, -0.2) is 4.98 Å². The molecular weight excluding hydrogens is 136 g/mol. The zero-order chi connectivity index (χ0) is 7.68. The lowest BCUT2D eigenvalue weighted by molar-refractivity contribution is 1.26. The predicted octanol–water partition coefficient (Wildman–Crippen LogP) is 2.03. The molecule has 1 aromatic rings. The van der Waals surface area contributed by atoms with Gasteiger partial charge >= 0.3 is 0 Å². The lowest BCUT2D eigenvalue weighted by Gasteiger charge is -2.11. The molecule has 2 heterocycles. The van der Waals surface area contributed by atoms with Crippen LogP contribution in [0.4, 0.5) is 5.69 Å². The van der Waals surface area contributed by atoms with Gasteiger partial charge in [0.25, 0.3) is 0 Å². The third-order valence-corrected chi connectivity index (χ3v) is 1.64. The largest absolute Gasteiger partial charge is 0.360 e. The molecular formula is C9H8N2. The van der Waals surface area contributed by atoms with Crippen molar-refractivity contribution in [2.75, 3.05) is 5.32 Å². The van der Waals surface area contributed by atoms with E-state index in [0.717, 1.165) is 17.0 Å². The first kappa shape index (κ1) is 6.16. The van der Waals surface area contributed by atoms with Gasteiger partial charge in [-0.25, -0.2) is 0 Å². The van der Waals surface area contributed by atoms with Crippen molar-refractivity contribution >= 4 is 11.3 Å². The second kappa shape index (κ2) is 2.23. The van der Waals surface area contributed by atoms with Gasteiger partial charge in [0, 0.05) is 12.4 Å². The lowest BCUT2D eigenvalue weighted by Crippen LogP contribution is -1.99. The fraction of sp³-hybridized carbons (Fsp3) is 0. The summed E-state index contributed by atoms with van der Waals surface area (Å²) in [4.78, 5) is 4.19. The summed E-state index contributed by atoms with van der Waals surface area (Å²) in [5, 5.41) is 3.09. The van der Waals surface area contributed by atoms with Crippen molar-refractivity contribution in [1.82, 2.24) is 4.98 Å². The summed E-state index contributed by atoms with van der Waals surface area (Å²) >= 11 is 0. The van der Waals surface area contributed by atoms with Crippen molar-refractivity contribution in [2.24, 2.45) is 0 Å². The van der Waals surface area contributed by atoms with E-state index in [1.54, 1.807) is 6.20 Å². The van der Waals surface area contributed by atoms with E-state index in [1.807, 2.05) is 24.4 Å². The molecule has 0 fully saturated rings. The van der Waals surface area contributed by atoms with Gasteiger partial charge in [-0.2, -0.15) is 0 Å². The minimum atomic E-state index is 0.940. The molecule has 0 unspecified atom stereocenters. The number of hydrogen-bond acceptors (Lipinski definition) is 2. The number of nitrogens with zero attached hydrogens (tertiary/aromatic N) is 1. The van der Waals surface area contributed by atoms with Crippen molar-refractivity contribution in [3.05, 3.63) is 42.9 Å². The predicted molar refractivity (Wildman–Crippen MR) is 46.0 cm³/mol. The first-order valence-corrected chi connectivity index (χ1v) is 3.45. The molecule has 2 heteroatoms. The molecule has 2 nitrogen and oxygen atoms in total. The third-order valence-electron chi connectivity index (χ3n) is 1.64. The Labute approximate surface area is 65.3 Å². The van der Waals surface area contributed by atoms with Gasteiger partial charge in [-0.15, -0.1) is 0 Å². The van der Waals surface area contributed by atoms with Crippen LogP contribution < -0.4 is 5.32 Å². The first-order chi connectivity index (χ1) is 5.38. The summed E-state index contributed by atoms with van der Waals surface area (Å²) in [7, 11) is 0. The fourth-order valence-corrected chi connectivity index (χ4v) is 1.09. The maximum Gasteiger partial charge on any atom is 0.0931 e. The van der Waals surface area contributed by atoms with Crippen molar-refractivity contribution < 1.29 is 0 Å². The van der Waals surface area contributed by atoms with Crippen molar-refractivity contribution in [2.45, 2.75) is 0 Å². The summed E-state index contributed by atoms with van der Waals surface area (Å²) in [6, 6.07) is 3.88. The molecule has 0 amide bonds. The standard InChI is InChI=1S/C9H8N2/c1-7-4-6-10-8-3-2-5-11-9(7)8/h2-6,10H,1H2. The number of allylic oxidation sites excluding steroid dienone is 2. The van der Waals surface area contributed by atoms with E-state index in [1.165, 1.54) is 0 Å². The number of hydrogen-bond donors (Lipinski definition) is 1. The van der Waals surface area contributed by atoms with Crippen LogP contribution in [0.25, 0.3) is 5.57 Å². The molecule has 0 atom stereocenters. The Bertz CT molecular complexity index is 326. The molecule has 0 bridgehead atoms. The summed E-state index contributed by atoms with van der Waals surface area (Å²) in [5.41, 5.74) is 2.93. The molecule has 1 N–H and O–H groups in total. The summed E-state index contributed by atoms with van der Waals surface area (Å²) in [6.07, 6.45) is 5.55. The Balaban J connectivity index is 2.59. The molecule has 2 rings (SSSR count). The van der Waals surface area contributed by atoms with Gasteiger partial charge in [-0.1, -0.05) is 6.58 Å². The third kappa shape index (κ3) is 0.923. The maximum absolute atomic E-state index is 4.19. The minimum Gasteiger partial charge on any atom is -0.360 e. The molecule has 54 valence electrons. The van der Waals surface area contributed by atoms with E-state index >= 15 is 0 Å². The molecule has 0 aromatic carbocycles. The van der Waals surface area contributed by atoms with E-state index in [0.29, 0.717) is 0 Å². The Hall–Kier alpha value is -1.57. The number of anilines is 1. The lowest BCUT2D eigenvalue weighted by atomic mass is 10.1. The highest BCUT2D eigenvalue weighted by Gasteiger charge is 2.06. The Kier molecular flexibility index (Phi) is 1.25. The van der Waals surface area contributed by atoms with Gasteiger partial charge in [0.15, 0.2) is 0 Å². The summed E-state index contributed by atoms with van der Waals surface area (Å²) < 4.78 is 0. The van der Waals surface area contributed by atoms with Crippen LogP contribution in [0.2, 0.25) is 0 Å². The van der Waals surface area contributed by atoms with Crippen LogP contribution in [0.3, 0.4) is 0 Å². The average molecular weight is 144 g/mol. The number of pyridine rings is 1. The van der Waals surface area contributed by atoms with E-state index in [2.05, 4.69) is 16.9 Å². The molecule has 11 heavy (non-hydrogen) atoms. The average Bonchev–Trinajstić information content (AvgIpc) is 2.06. The van der Waals surface area contributed by atoms with Gasteiger partial charge in [0.2, 0.25) is 0 Å². The van der Waals surface area contributed by atoms with E-state index < -0.39 is 0 Å². The highest BCUT2D eigenvalue weighted by molar-refractivity contribution is 5.81. The summed E-state index contributed by atoms with van der Waals surface area (Å²) in [6.45, 7) is 3.87. The molecule has 0 aliphatic carbocycles. The monoisotopic (exact) mass is 144 g/mol. The van der Waals surface area contributed by atoms with E-state index in [-0.39, 0.29) is 0 Å². The van der Waals surface area contributed by atoms with E-state index in [4.69, 9.17) is 0 Å². The number of nitrogens with one attached hydrogen (secondary N) is 1. The van der Waals surface area contributed by atoms with Crippen molar-refractivity contribution in [3.8, 4) is 0 Å². The smallest absolute Gasteiger partial charge is 0.0931 e. The Morgan fingerprint density at radius 1 is 1.45 bits per heavy atom. The van der Waals surface area contributed by atoms with Gasteiger partial charge < -0.3 is 5.32 Å². The highest BCUT2D eigenvalue weighted by atomic mass is 14.9. The highest BCUT2D eigenvalue weighted by Crippen LogP contribution is 2.23.